The molecule has 0 aliphatic heterocycles. The van der Waals surface area contributed by atoms with Crippen molar-refractivity contribution in [3.63, 3.8) is 0 Å². The average molecular weight is 234 g/mol. The molecule has 0 saturated carbocycles. The molecule has 4 nitrogen and oxygen atoms in total. The zero-order valence-corrected chi connectivity index (χ0v) is 9.39. The number of nitrogens with one attached hydrogen (secondary N) is 1. The molecule has 1 amide bonds. The van der Waals surface area contributed by atoms with Crippen LogP contribution >= 0.6 is 11.3 Å². The Morgan fingerprint density at radius 3 is 2.88 bits per heavy atom. The van der Waals surface area contributed by atoms with Gasteiger partial charge in [0.15, 0.2) is 0 Å². The Labute approximate surface area is 96.9 Å². The number of hydrogen-bond acceptors (Lipinski definition) is 4. The van der Waals surface area contributed by atoms with E-state index in [1.807, 2.05) is 0 Å². The number of hydrogen-bond donors (Lipinski definition) is 1. The van der Waals surface area contributed by atoms with Gasteiger partial charge in [-0.05, 0) is 31.2 Å². The quantitative estimate of drug-likeness (QED) is 0.624. The summed E-state index contributed by atoms with van der Waals surface area (Å²) < 4.78 is 0. The standard InChI is InChI=1S/C11H10N2O2S/c12-5-8-7-3-1-2-4-9(7)16-11(8)13-10(15)6-14/h6H,1-4H2,(H,13,15). The van der Waals surface area contributed by atoms with Gasteiger partial charge in [0.05, 0.1) is 5.56 Å². The van der Waals surface area contributed by atoms with E-state index in [4.69, 9.17) is 5.26 Å². The SMILES string of the molecule is N#Cc1c(NC(=O)C=O)sc2c1CCCC2. The number of nitrogens with zero attached hydrogens (tertiary/aromatic N) is 1. The first-order valence-corrected chi connectivity index (χ1v) is 5.88. The summed E-state index contributed by atoms with van der Waals surface area (Å²) in [6.45, 7) is 0. The van der Waals surface area contributed by atoms with Crippen molar-refractivity contribution in [3.05, 3.63) is 16.0 Å². The van der Waals surface area contributed by atoms with Gasteiger partial charge >= 0.3 is 0 Å². The highest BCUT2D eigenvalue weighted by molar-refractivity contribution is 7.16. The third-order valence-electron chi connectivity index (χ3n) is 2.63. The summed E-state index contributed by atoms with van der Waals surface area (Å²) in [5, 5.41) is 12.0. The van der Waals surface area contributed by atoms with Gasteiger partial charge in [-0.15, -0.1) is 11.3 Å². The molecule has 0 atom stereocenters. The lowest BCUT2D eigenvalue weighted by atomic mass is 9.96. The van der Waals surface area contributed by atoms with E-state index in [9.17, 15) is 9.59 Å². The molecule has 1 aromatic heterocycles. The van der Waals surface area contributed by atoms with E-state index in [2.05, 4.69) is 11.4 Å². The number of aryl methyl sites for hydroxylation is 1. The van der Waals surface area contributed by atoms with Gasteiger partial charge in [0.2, 0.25) is 6.29 Å². The minimum atomic E-state index is -0.699. The number of carbonyl (C=O) groups is 2. The Morgan fingerprint density at radius 2 is 2.19 bits per heavy atom. The number of anilines is 1. The fourth-order valence-electron chi connectivity index (χ4n) is 1.91. The molecule has 0 saturated heterocycles. The summed E-state index contributed by atoms with van der Waals surface area (Å²) in [7, 11) is 0. The van der Waals surface area contributed by atoms with Gasteiger partial charge < -0.3 is 5.32 Å². The molecule has 0 fully saturated rings. The van der Waals surface area contributed by atoms with Crippen LogP contribution in [0.2, 0.25) is 0 Å². The minimum Gasteiger partial charge on any atom is -0.310 e. The van der Waals surface area contributed by atoms with Crippen LogP contribution in [0.15, 0.2) is 0 Å². The van der Waals surface area contributed by atoms with Gasteiger partial charge in [-0.1, -0.05) is 0 Å². The zero-order chi connectivity index (χ0) is 11.5. The second-order valence-corrected chi connectivity index (χ2v) is 4.74. The highest BCUT2D eigenvalue weighted by atomic mass is 32.1. The second-order valence-electron chi connectivity index (χ2n) is 3.63. The van der Waals surface area contributed by atoms with Crippen LogP contribution in [-0.4, -0.2) is 12.2 Å². The van der Waals surface area contributed by atoms with Gasteiger partial charge in [-0.2, -0.15) is 5.26 Å². The molecule has 1 N–H and O–H groups in total. The van der Waals surface area contributed by atoms with E-state index < -0.39 is 5.91 Å². The van der Waals surface area contributed by atoms with Crippen molar-refractivity contribution >= 4 is 28.5 Å². The number of nitriles is 1. The molecule has 1 aliphatic rings. The van der Waals surface area contributed by atoms with Gasteiger partial charge in [0.25, 0.3) is 5.91 Å². The average Bonchev–Trinajstić information content (AvgIpc) is 2.65. The number of fused-ring (bicyclic) bond motifs is 1. The molecular formula is C11H10N2O2S. The summed E-state index contributed by atoms with van der Waals surface area (Å²) in [6, 6.07) is 2.11. The lowest BCUT2D eigenvalue weighted by Gasteiger charge is -2.09. The summed E-state index contributed by atoms with van der Waals surface area (Å²) in [5.41, 5.74) is 1.59. The van der Waals surface area contributed by atoms with Crippen molar-refractivity contribution in [2.45, 2.75) is 25.7 Å². The molecule has 0 bridgehead atoms. The Hall–Kier alpha value is -1.67. The fraction of sp³-hybridized carbons (Fsp3) is 0.364. The van der Waals surface area contributed by atoms with Gasteiger partial charge in [-0.25, -0.2) is 0 Å². The molecule has 16 heavy (non-hydrogen) atoms. The van der Waals surface area contributed by atoms with Crippen molar-refractivity contribution in [3.8, 4) is 6.07 Å². The Bertz CT molecular complexity index is 485. The molecule has 82 valence electrons. The molecular weight excluding hydrogens is 224 g/mol. The predicted octanol–water partition coefficient (Wildman–Crippen LogP) is 1.64. The summed E-state index contributed by atoms with van der Waals surface area (Å²) in [6.07, 6.45) is 4.29. The van der Waals surface area contributed by atoms with Crippen LogP contribution in [0.1, 0.15) is 28.8 Å². The first kappa shape index (κ1) is 10.8. The number of rotatable bonds is 2. The molecule has 5 heteroatoms. The number of aldehydes is 1. The van der Waals surface area contributed by atoms with Crippen LogP contribution in [0.3, 0.4) is 0 Å². The molecule has 1 aromatic rings. The second kappa shape index (κ2) is 4.45. The Kier molecular flexibility index (Phi) is 3.02. The maximum Gasteiger partial charge on any atom is 0.289 e. The van der Waals surface area contributed by atoms with Crippen LogP contribution in [0.5, 0.6) is 0 Å². The van der Waals surface area contributed by atoms with Crippen molar-refractivity contribution in [1.82, 2.24) is 0 Å². The van der Waals surface area contributed by atoms with E-state index in [0.29, 0.717) is 10.6 Å². The summed E-state index contributed by atoms with van der Waals surface area (Å²) >= 11 is 1.42. The molecule has 0 spiro atoms. The normalized spacial score (nSPS) is 13.7. The molecule has 0 aromatic carbocycles. The lowest BCUT2D eigenvalue weighted by Crippen LogP contribution is -2.12. The van der Waals surface area contributed by atoms with Crippen LogP contribution in [0.4, 0.5) is 5.00 Å². The maximum absolute atomic E-state index is 11.0. The van der Waals surface area contributed by atoms with Crippen LogP contribution in [0.25, 0.3) is 0 Å². The number of thiophene rings is 1. The first-order valence-electron chi connectivity index (χ1n) is 5.07. The predicted molar refractivity (Wildman–Crippen MR) is 60.4 cm³/mol. The highest BCUT2D eigenvalue weighted by Crippen LogP contribution is 2.37. The van der Waals surface area contributed by atoms with Crippen molar-refractivity contribution in [2.75, 3.05) is 5.32 Å². The first-order chi connectivity index (χ1) is 7.76. The van der Waals surface area contributed by atoms with Crippen LogP contribution < -0.4 is 5.32 Å². The van der Waals surface area contributed by atoms with E-state index in [1.54, 1.807) is 0 Å². The van der Waals surface area contributed by atoms with Gasteiger partial charge in [0, 0.05) is 4.88 Å². The van der Waals surface area contributed by atoms with Crippen molar-refractivity contribution in [1.29, 1.82) is 5.26 Å². The third-order valence-corrected chi connectivity index (χ3v) is 3.83. The van der Waals surface area contributed by atoms with Crippen molar-refractivity contribution in [2.24, 2.45) is 0 Å². The summed E-state index contributed by atoms with van der Waals surface area (Å²) in [4.78, 5) is 22.4. The molecule has 0 unspecified atom stereocenters. The molecule has 1 aliphatic carbocycles. The Balaban J connectivity index is 2.38. The third kappa shape index (κ3) is 1.84. The van der Waals surface area contributed by atoms with E-state index in [0.717, 1.165) is 31.2 Å². The van der Waals surface area contributed by atoms with Crippen molar-refractivity contribution < 1.29 is 9.59 Å². The van der Waals surface area contributed by atoms with Gasteiger partial charge in [-0.3, -0.25) is 9.59 Å². The van der Waals surface area contributed by atoms with E-state index >= 15 is 0 Å². The topological polar surface area (TPSA) is 70.0 Å². The fourth-order valence-corrected chi connectivity index (χ4v) is 3.16. The minimum absolute atomic E-state index is 0.222. The maximum atomic E-state index is 11.0. The smallest absolute Gasteiger partial charge is 0.289 e. The molecule has 1 heterocycles. The monoisotopic (exact) mass is 234 g/mol. The molecule has 2 rings (SSSR count). The van der Waals surface area contributed by atoms with Gasteiger partial charge in [0.1, 0.15) is 11.1 Å². The van der Waals surface area contributed by atoms with E-state index in [-0.39, 0.29) is 6.29 Å². The van der Waals surface area contributed by atoms with E-state index in [1.165, 1.54) is 16.2 Å². The number of carbonyl (C=O) groups excluding carboxylic acids is 2. The number of amides is 1. The summed E-state index contributed by atoms with van der Waals surface area (Å²) in [5.74, 6) is -0.699. The van der Waals surface area contributed by atoms with Crippen LogP contribution in [-0.2, 0) is 22.4 Å². The lowest BCUT2D eigenvalue weighted by molar-refractivity contribution is -0.127. The highest BCUT2D eigenvalue weighted by Gasteiger charge is 2.21. The zero-order valence-electron chi connectivity index (χ0n) is 8.58. The Morgan fingerprint density at radius 1 is 1.44 bits per heavy atom. The molecule has 0 radical (unpaired) electrons. The largest absolute Gasteiger partial charge is 0.310 e. The van der Waals surface area contributed by atoms with Crippen LogP contribution in [0, 0.1) is 11.3 Å².